The fourth-order valence-corrected chi connectivity index (χ4v) is 4.90. The highest BCUT2D eigenvalue weighted by Crippen LogP contribution is 2.32. The molecule has 144 valence electrons. The third-order valence-corrected chi connectivity index (χ3v) is 7.15. The maximum atomic E-state index is 12.3. The minimum Gasteiger partial charge on any atom is -0.331 e. The molecule has 0 bridgehead atoms. The van der Waals surface area contributed by atoms with Gasteiger partial charge in [-0.3, -0.25) is 0 Å². The third-order valence-electron chi connectivity index (χ3n) is 4.42. The number of rotatable bonds is 6. The minimum absolute atomic E-state index is 0.193. The van der Waals surface area contributed by atoms with Gasteiger partial charge in [0.1, 0.15) is 0 Å². The first-order chi connectivity index (χ1) is 12.8. The highest BCUT2D eigenvalue weighted by atomic mass is 35.5. The van der Waals surface area contributed by atoms with E-state index in [9.17, 15) is 13.2 Å². The van der Waals surface area contributed by atoms with Crippen molar-refractivity contribution in [3.05, 3.63) is 58.1 Å². The number of halogens is 2. The summed E-state index contributed by atoms with van der Waals surface area (Å²) in [6.07, 6.45) is 1.96. The number of carbonyl (C=O) groups is 1. The van der Waals surface area contributed by atoms with E-state index in [1.165, 1.54) is 12.1 Å². The molecule has 0 heterocycles. The maximum Gasteiger partial charge on any atom is 0.319 e. The molecular weight excluding hydrogens is 407 g/mol. The molecule has 1 unspecified atom stereocenters. The summed E-state index contributed by atoms with van der Waals surface area (Å²) in [5.74, 6) is 0.483. The molecule has 1 aliphatic carbocycles. The van der Waals surface area contributed by atoms with E-state index in [2.05, 4.69) is 10.6 Å². The monoisotopic (exact) mass is 426 g/mol. The van der Waals surface area contributed by atoms with Gasteiger partial charge in [0.2, 0.25) is 0 Å². The standard InChI is InChI=1S/C19H20Cl2N2O3S/c1-12(16-3-2-4-17(20)18(16)21)22-19(24)23-14-7-9-15(10-8-14)27(25,26)11-13-5-6-13/h2-4,7-10,12-13H,5-6,11H2,1H3,(H2,22,23,24). The molecule has 1 saturated carbocycles. The number of sulfone groups is 1. The molecule has 2 N–H and O–H groups in total. The lowest BCUT2D eigenvalue weighted by atomic mass is 10.1. The van der Waals surface area contributed by atoms with E-state index in [1.807, 2.05) is 0 Å². The largest absolute Gasteiger partial charge is 0.331 e. The van der Waals surface area contributed by atoms with Crippen molar-refractivity contribution < 1.29 is 13.2 Å². The van der Waals surface area contributed by atoms with Crippen LogP contribution in [0.15, 0.2) is 47.4 Å². The topological polar surface area (TPSA) is 75.3 Å². The van der Waals surface area contributed by atoms with Gasteiger partial charge in [0.05, 0.1) is 26.7 Å². The van der Waals surface area contributed by atoms with Gasteiger partial charge in [0.25, 0.3) is 0 Å². The summed E-state index contributed by atoms with van der Waals surface area (Å²) >= 11 is 12.2. The second-order valence-corrected chi connectivity index (χ2v) is 9.53. The van der Waals surface area contributed by atoms with Crippen molar-refractivity contribution >= 4 is 44.8 Å². The number of carbonyl (C=O) groups excluding carboxylic acids is 1. The van der Waals surface area contributed by atoms with Crippen molar-refractivity contribution in [3.8, 4) is 0 Å². The highest BCUT2D eigenvalue weighted by Gasteiger charge is 2.29. The molecule has 1 atom stereocenters. The van der Waals surface area contributed by atoms with Crippen LogP contribution in [0.25, 0.3) is 0 Å². The molecule has 2 aromatic carbocycles. The van der Waals surface area contributed by atoms with E-state index in [-0.39, 0.29) is 16.7 Å². The summed E-state index contributed by atoms with van der Waals surface area (Å²) in [5, 5.41) is 6.29. The van der Waals surface area contributed by atoms with Gasteiger partial charge in [-0.2, -0.15) is 0 Å². The van der Waals surface area contributed by atoms with Crippen LogP contribution in [0.5, 0.6) is 0 Å². The zero-order chi connectivity index (χ0) is 19.6. The van der Waals surface area contributed by atoms with E-state index in [1.54, 1.807) is 37.3 Å². The van der Waals surface area contributed by atoms with Crippen LogP contribution in [0.1, 0.15) is 31.4 Å². The van der Waals surface area contributed by atoms with Gasteiger partial charge >= 0.3 is 6.03 Å². The SMILES string of the molecule is CC(NC(=O)Nc1ccc(S(=O)(=O)CC2CC2)cc1)c1cccc(Cl)c1Cl. The number of amides is 2. The van der Waals surface area contributed by atoms with E-state index < -0.39 is 15.9 Å². The number of hydrogen-bond acceptors (Lipinski definition) is 3. The van der Waals surface area contributed by atoms with Crippen molar-refractivity contribution in [2.24, 2.45) is 5.92 Å². The lowest BCUT2D eigenvalue weighted by molar-refractivity contribution is 0.249. The second-order valence-electron chi connectivity index (χ2n) is 6.71. The molecule has 1 fully saturated rings. The lowest BCUT2D eigenvalue weighted by Crippen LogP contribution is -2.31. The fraction of sp³-hybridized carbons (Fsp3) is 0.316. The normalized spacial score (nSPS) is 15.2. The number of anilines is 1. The van der Waals surface area contributed by atoms with Crippen molar-refractivity contribution in [1.82, 2.24) is 5.32 Å². The Bertz CT molecular complexity index is 942. The van der Waals surface area contributed by atoms with Gasteiger partial charge in [-0.05, 0) is 61.6 Å². The molecule has 2 amide bonds. The van der Waals surface area contributed by atoms with Crippen LogP contribution >= 0.6 is 23.2 Å². The van der Waals surface area contributed by atoms with Crippen LogP contribution in [0.2, 0.25) is 10.0 Å². The average Bonchev–Trinajstić information content (AvgIpc) is 3.41. The predicted octanol–water partition coefficient (Wildman–Crippen LogP) is 5.06. The van der Waals surface area contributed by atoms with Gasteiger partial charge in [0, 0.05) is 5.69 Å². The second kappa shape index (κ2) is 8.09. The molecule has 1 aliphatic rings. The maximum absolute atomic E-state index is 12.3. The van der Waals surface area contributed by atoms with Gasteiger partial charge in [0.15, 0.2) is 9.84 Å². The Labute approximate surface area is 169 Å². The molecule has 3 rings (SSSR count). The summed E-state index contributed by atoms with van der Waals surface area (Å²) in [4.78, 5) is 12.5. The Hall–Kier alpha value is -1.76. The quantitative estimate of drug-likeness (QED) is 0.677. The van der Waals surface area contributed by atoms with E-state index >= 15 is 0 Å². The molecule has 0 saturated heterocycles. The highest BCUT2D eigenvalue weighted by molar-refractivity contribution is 7.91. The first-order valence-electron chi connectivity index (χ1n) is 8.60. The first kappa shape index (κ1) is 20.0. The van der Waals surface area contributed by atoms with Gasteiger partial charge in [-0.15, -0.1) is 0 Å². The van der Waals surface area contributed by atoms with Crippen LogP contribution in [0.3, 0.4) is 0 Å². The number of hydrogen-bond donors (Lipinski definition) is 2. The van der Waals surface area contributed by atoms with Crippen molar-refractivity contribution in [2.75, 3.05) is 11.1 Å². The zero-order valence-electron chi connectivity index (χ0n) is 14.7. The van der Waals surface area contributed by atoms with Crippen LogP contribution in [0, 0.1) is 5.92 Å². The molecule has 0 aliphatic heterocycles. The predicted molar refractivity (Wildman–Crippen MR) is 108 cm³/mol. The van der Waals surface area contributed by atoms with Crippen LogP contribution < -0.4 is 10.6 Å². The van der Waals surface area contributed by atoms with Crippen LogP contribution in [0.4, 0.5) is 10.5 Å². The molecule has 0 aromatic heterocycles. The molecule has 2 aromatic rings. The fourth-order valence-electron chi connectivity index (χ4n) is 2.73. The molecule has 8 heteroatoms. The molecule has 0 spiro atoms. The van der Waals surface area contributed by atoms with Crippen LogP contribution in [-0.4, -0.2) is 20.2 Å². The van der Waals surface area contributed by atoms with Gasteiger partial charge in [-0.25, -0.2) is 13.2 Å². The van der Waals surface area contributed by atoms with Crippen molar-refractivity contribution in [3.63, 3.8) is 0 Å². The summed E-state index contributed by atoms with van der Waals surface area (Å²) in [5.41, 5.74) is 1.21. The van der Waals surface area contributed by atoms with Crippen molar-refractivity contribution in [1.29, 1.82) is 0 Å². The number of urea groups is 1. The summed E-state index contributed by atoms with van der Waals surface area (Å²) in [7, 11) is -3.26. The van der Waals surface area contributed by atoms with Gasteiger partial charge < -0.3 is 10.6 Å². The number of benzene rings is 2. The Morgan fingerprint density at radius 3 is 2.44 bits per heavy atom. The average molecular weight is 427 g/mol. The third kappa shape index (κ3) is 5.15. The van der Waals surface area contributed by atoms with E-state index in [4.69, 9.17) is 23.2 Å². The van der Waals surface area contributed by atoms with Crippen molar-refractivity contribution in [2.45, 2.75) is 30.7 Å². The van der Waals surface area contributed by atoms with E-state index in [0.29, 0.717) is 27.2 Å². The smallest absolute Gasteiger partial charge is 0.319 e. The Balaban J connectivity index is 1.61. The summed E-state index contributed by atoms with van der Waals surface area (Å²) in [6.45, 7) is 1.80. The Morgan fingerprint density at radius 1 is 1.15 bits per heavy atom. The molecule has 0 radical (unpaired) electrons. The lowest BCUT2D eigenvalue weighted by Gasteiger charge is -2.17. The zero-order valence-corrected chi connectivity index (χ0v) is 17.0. The minimum atomic E-state index is -3.26. The van der Waals surface area contributed by atoms with Crippen LogP contribution in [-0.2, 0) is 9.84 Å². The summed E-state index contributed by atoms with van der Waals surface area (Å²) in [6, 6.07) is 10.7. The molecule has 27 heavy (non-hydrogen) atoms. The van der Waals surface area contributed by atoms with E-state index in [0.717, 1.165) is 12.8 Å². The Kier molecular flexibility index (Phi) is 5.99. The summed E-state index contributed by atoms with van der Waals surface area (Å²) < 4.78 is 24.5. The Morgan fingerprint density at radius 2 is 1.81 bits per heavy atom. The molecule has 5 nitrogen and oxygen atoms in total. The van der Waals surface area contributed by atoms with Gasteiger partial charge in [-0.1, -0.05) is 35.3 Å². The molecular formula is C19H20Cl2N2O3S. The first-order valence-corrected chi connectivity index (χ1v) is 11.0. The number of nitrogens with one attached hydrogen (secondary N) is 2.